The summed E-state index contributed by atoms with van der Waals surface area (Å²) in [4.78, 5) is 11.7. The number of halogens is 2. The molecule has 0 fully saturated rings. The Hall–Kier alpha value is -1.58. The summed E-state index contributed by atoms with van der Waals surface area (Å²) in [5, 5.41) is 7.45. The van der Waals surface area contributed by atoms with Gasteiger partial charge in [-0.1, -0.05) is 0 Å². The van der Waals surface area contributed by atoms with E-state index in [1.165, 1.54) is 12.1 Å². The third-order valence-corrected chi connectivity index (χ3v) is 3.31. The molecule has 0 aromatic heterocycles. The molecule has 3 N–H and O–H groups in total. The molecular formula is C12H16F2N2O4S. The number of alkyl halides is 2. The van der Waals surface area contributed by atoms with Crippen molar-refractivity contribution < 1.29 is 26.7 Å². The van der Waals surface area contributed by atoms with Gasteiger partial charge in [0.05, 0.1) is 11.5 Å². The number of hydrogen-bond donors (Lipinski definition) is 2. The van der Waals surface area contributed by atoms with Gasteiger partial charge < -0.3 is 10.1 Å². The van der Waals surface area contributed by atoms with Crippen molar-refractivity contribution in [3.8, 4) is 0 Å². The number of carbonyl (C=O) groups is 1. The van der Waals surface area contributed by atoms with Gasteiger partial charge in [0.2, 0.25) is 10.0 Å². The third kappa shape index (κ3) is 6.15. The summed E-state index contributed by atoms with van der Waals surface area (Å²) >= 11 is 0. The molecule has 118 valence electrons. The predicted octanol–water partition coefficient (Wildman–Crippen LogP) is 0.654. The second-order valence-electron chi connectivity index (χ2n) is 4.30. The van der Waals surface area contributed by atoms with Crippen LogP contribution in [0.1, 0.15) is 15.9 Å². The lowest BCUT2D eigenvalue weighted by atomic mass is 10.1. The van der Waals surface area contributed by atoms with Gasteiger partial charge in [0.15, 0.2) is 0 Å². The van der Waals surface area contributed by atoms with Gasteiger partial charge in [0.25, 0.3) is 12.3 Å². The SMILES string of the molecule is Cc1cc(C(=O)NCCOCC(F)F)cc(S(N)(=O)=O)c1. The molecule has 0 aliphatic carbocycles. The van der Waals surface area contributed by atoms with E-state index in [0.717, 1.165) is 6.07 Å². The first kappa shape index (κ1) is 17.5. The molecule has 1 aromatic carbocycles. The van der Waals surface area contributed by atoms with Gasteiger partial charge in [0, 0.05) is 12.1 Å². The van der Waals surface area contributed by atoms with E-state index in [9.17, 15) is 22.0 Å². The van der Waals surface area contributed by atoms with Crippen LogP contribution in [0, 0.1) is 6.92 Å². The number of carbonyl (C=O) groups excluding carboxylic acids is 1. The zero-order valence-electron chi connectivity index (χ0n) is 11.3. The van der Waals surface area contributed by atoms with Crippen molar-refractivity contribution in [1.29, 1.82) is 0 Å². The van der Waals surface area contributed by atoms with Crippen LogP contribution in [0.3, 0.4) is 0 Å². The first-order valence-corrected chi connectivity index (χ1v) is 7.53. The van der Waals surface area contributed by atoms with Crippen LogP contribution >= 0.6 is 0 Å². The molecule has 0 saturated carbocycles. The summed E-state index contributed by atoms with van der Waals surface area (Å²) in [6.07, 6.45) is -2.56. The lowest BCUT2D eigenvalue weighted by molar-refractivity contribution is 0.0188. The molecule has 0 aliphatic heterocycles. The van der Waals surface area contributed by atoms with Crippen LogP contribution < -0.4 is 10.5 Å². The van der Waals surface area contributed by atoms with Crippen LogP contribution in [-0.4, -0.2) is 40.5 Å². The fourth-order valence-corrected chi connectivity index (χ4v) is 2.20. The van der Waals surface area contributed by atoms with Gasteiger partial charge in [-0.25, -0.2) is 22.3 Å². The summed E-state index contributed by atoms with van der Waals surface area (Å²) in [5.74, 6) is -0.538. The first-order chi connectivity index (χ1) is 9.70. The minimum Gasteiger partial charge on any atom is -0.374 e. The first-order valence-electron chi connectivity index (χ1n) is 5.98. The number of rotatable bonds is 7. The fraction of sp³-hybridized carbons (Fsp3) is 0.417. The number of nitrogens with one attached hydrogen (secondary N) is 1. The van der Waals surface area contributed by atoms with E-state index < -0.39 is 29.0 Å². The molecule has 0 spiro atoms. The number of sulfonamides is 1. The molecule has 0 saturated heterocycles. The van der Waals surface area contributed by atoms with Crippen LogP contribution in [0.2, 0.25) is 0 Å². The highest BCUT2D eigenvalue weighted by Gasteiger charge is 2.13. The molecule has 0 aliphatic rings. The van der Waals surface area contributed by atoms with Crippen molar-refractivity contribution >= 4 is 15.9 Å². The lowest BCUT2D eigenvalue weighted by Gasteiger charge is -2.08. The second-order valence-corrected chi connectivity index (χ2v) is 5.86. The Morgan fingerprint density at radius 2 is 2.05 bits per heavy atom. The molecule has 1 amide bonds. The predicted molar refractivity (Wildman–Crippen MR) is 71.7 cm³/mol. The Bertz CT molecular complexity index is 605. The van der Waals surface area contributed by atoms with Crippen molar-refractivity contribution in [2.24, 2.45) is 5.14 Å². The Balaban J connectivity index is 2.64. The summed E-state index contributed by atoms with van der Waals surface area (Å²) in [5.41, 5.74) is 0.675. The number of ether oxygens (including phenoxy) is 1. The molecule has 0 heterocycles. The number of nitrogens with two attached hydrogens (primary N) is 1. The molecule has 9 heteroatoms. The van der Waals surface area contributed by atoms with Crippen molar-refractivity contribution in [1.82, 2.24) is 5.32 Å². The van der Waals surface area contributed by atoms with Gasteiger partial charge in [-0.3, -0.25) is 4.79 Å². The van der Waals surface area contributed by atoms with Crippen molar-refractivity contribution in [3.63, 3.8) is 0 Å². The quantitative estimate of drug-likeness (QED) is 0.720. The maximum absolute atomic E-state index is 11.8. The largest absolute Gasteiger partial charge is 0.374 e. The van der Waals surface area contributed by atoms with Gasteiger partial charge >= 0.3 is 0 Å². The van der Waals surface area contributed by atoms with E-state index in [-0.39, 0.29) is 23.6 Å². The smallest absolute Gasteiger partial charge is 0.261 e. The zero-order valence-corrected chi connectivity index (χ0v) is 12.1. The molecule has 21 heavy (non-hydrogen) atoms. The Morgan fingerprint density at radius 3 is 2.62 bits per heavy atom. The second kappa shape index (κ2) is 7.43. The van der Waals surface area contributed by atoms with Crippen molar-refractivity contribution in [2.45, 2.75) is 18.2 Å². The topological polar surface area (TPSA) is 98.5 Å². The minimum atomic E-state index is -3.91. The Labute approximate surface area is 121 Å². The monoisotopic (exact) mass is 322 g/mol. The standard InChI is InChI=1S/C12H16F2N2O4S/c1-8-4-9(6-10(5-8)21(15,18)19)12(17)16-2-3-20-7-11(13)14/h4-6,11H,2-3,7H2,1H3,(H,16,17)(H2,15,18,19). The van der Waals surface area contributed by atoms with E-state index >= 15 is 0 Å². The number of aryl methyl sites for hydroxylation is 1. The summed E-state index contributed by atoms with van der Waals surface area (Å²) in [6, 6.07) is 3.99. The van der Waals surface area contributed by atoms with Gasteiger partial charge in [-0.2, -0.15) is 0 Å². The fourth-order valence-electron chi connectivity index (χ4n) is 1.55. The summed E-state index contributed by atoms with van der Waals surface area (Å²) < 4.78 is 50.8. The summed E-state index contributed by atoms with van der Waals surface area (Å²) in [7, 11) is -3.91. The van der Waals surface area contributed by atoms with Crippen LogP contribution in [0.4, 0.5) is 8.78 Å². The zero-order chi connectivity index (χ0) is 16.0. The summed E-state index contributed by atoms with van der Waals surface area (Å²) in [6.45, 7) is 0.890. The average Bonchev–Trinajstić information content (AvgIpc) is 2.36. The van der Waals surface area contributed by atoms with Crippen molar-refractivity contribution in [3.05, 3.63) is 29.3 Å². The van der Waals surface area contributed by atoms with E-state index in [1.54, 1.807) is 6.92 Å². The van der Waals surface area contributed by atoms with E-state index in [2.05, 4.69) is 10.1 Å². The Kier molecular flexibility index (Phi) is 6.19. The van der Waals surface area contributed by atoms with Crippen LogP contribution in [0.5, 0.6) is 0 Å². The van der Waals surface area contributed by atoms with E-state index in [1.807, 2.05) is 0 Å². The van der Waals surface area contributed by atoms with E-state index in [0.29, 0.717) is 5.56 Å². The molecule has 1 rings (SSSR count). The molecule has 1 aromatic rings. The third-order valence-electron chi connectivity index (χ3n) is 2.42. The highest BCUT2D eigenvalue weighted by molar-refractivity contribution is 7.89. The maximum atomic E-state index is 11.8. The van der Waals surface area contributed by atoms with Gasteiger partial charge in [-0.15, -0.1) is 0 Å². The van der Waals surface area contributed by atoms with E-state index in [4.69, 9.17) is 5.14 Å². The number of primary sulfonamides is 1. The molecule has 0 bridgehead atoms. The highest BCUT2D eigenvalue weighted by Crippen LogP contribution is 2.13. The number of amides is 1. The average molecular weight is 322 g/mol. The van der Waals surface area contributed by atoms with Gasteiger partial charge in [0.1, 0.15) is 6.61 Å². The highest BCUT2D eigenvalue weighted by atomic mass is 32.2. The Morgan fingerprint density at radius 1 is 1.38 bits per heavy atom. The van der Waals surface area contributed by atoms with Crippen LogP contribution in [-0.2, 0) is 14.8 Å². The molecule has 6 nitrogen and oxygen atoms in total. The van der Waals surface area contributed by atoms with Crippen LogP contribution in [0.15, 0.2) is 23.1 Å². The maximum Gasteiger partial charge on any atom is 0.261 e. The number of hydrogen-bond acceptors (Lipinski definition) is 4. The normalized spacial score (nSPS) is 11.7. The molecule has 0 unspecified atom stereocenters. The molecule has 0 radical (unpaired) electrons. The lowest BCUT2D eigenvalue weighted by Crippen LogP contribution is -2.28. The van der Waals surface area contributed by atoms with Crippen molar-refractivity contribution in [2.75, 3.05) is 19.8 Å². The number of benzene rings is 1. The minimum absolute atomic E-state index is 0.0319. The molecule has 0 atom stereocenters. The molecular weight excluding hydrogens is 306 g/mol. The van der Waals surface area contributed by atoms with Crippen LogP contribution in [0.25, 0.3) is 0 Å². The van der Waals surface area contributed by atoms with Gasteiger partial charge in [-0.05, 0) is 30.7 Å².